The van der Waals surface area contributed by atoms with Crippen molar-refractivity contribution in [2.75, 3.05) is 0 Å². The van der Waals surface area contributed by atoms with Gasteiger partial charge in [0.15, 0.2) is 0 Å². The third-order valence-electron chi connectivity index (χ3n) is 3.90. The number of primary amides is 1. The Morgan fingerprint density at radius 3 is 2.08 bits per heavy atom. The van der Waals surface area contributed by atoms with E-state index < -0.39 is 11.9 Å². The van der Waals surface area contributed by atoms with E-state index in [1.807, 2.05) is 66.7 Å². The first kappa shape index (κ1) is 18.0. The lowest BCUT2D eigenvalue weighted by atomic mass is 10.1. The van der Waals surface area contributed by atoms with Crippen LogP contribution in [0.25, 0.3) is 0 Å². The molecule has 3 N–H and O–H groups in total. The Morgan fingerprint density at radius 1 is 0.923 bits per heavy atom. The molecule has 0 radical (unpaired) electrons. The second-order valence-electron chi connectivity index (χ2n) is 5.83. The van der Waals surface area contributed by atoms with E-state index in [9.17, 15) is 4.79 Å². The number of rotatable bonds is 7. The van der Waals surface area contributed by atoms with Crippen molar-refractivity contribution in [1.29, 1.82) is 0 Å². The Hall–Kier alpha value is -2.82. The van der Waals surface area contributed by atoms with E-state index in [4.69, 9.17) is 22.1 Å². The van der Waals surface area contributed by atoms with E-state index in [2.05, 4.69) is 5.32 Å². The van der Waals surface area contributed by atoms with Gasteiger partial charge in [-0.25, -0.2) is 0 Å². The number of hydrogen-bond donors (Lipinski definition) is 2. The number of amides is 1. The van der Waals surface area contributed by atoms with Crippen LogP contribution in [0, 0.1) is 0 Å². The molecule has 1 amide bonds. The van der Waals surface area contributed by atoms with Gasteiger partial charge >= 0.3 is 0 Å². The third-order valence-corrected chi connectivity index (χ3v) is 4.15. The second kappa shape index (κ2) is 8.52. The molecule has 0 aliphatic carbocycles. The zero-order valence-corrected chi connectivity index (χ0v) is 14.8. The Bertz CT molecular complexity index is 849. The first-order valence-electron chi connectivity index (χ1n) is 8.22. The molecule has 132 valence electrons. The first-order valence-corrected chi connectivity index (χ1v) is 8.59. The van der Waals surface area contributed by atoms with Gasteiger partial charge < -0.3 is 10.5 Å². The van der Waals surface area contributed by atoms with Gasteiger partial charge in [-0.05, 0) is 47.5 Å². The minimum absolute atomic E-state index is 0.404. The molecule has 0 unspecified atom stereocenters. The van der Waals surface area contributed by atoms with Crippen LogP contribution in [0.3, 0.4) is 0 Å². The minimum atomic E-state index is -0.527. The molecule has 26 heavy (non-hydrogen) atoms. The Labute approximate surface area is 157 Å². The van der Waals surface area contributed by atoms with Gasteiger partial charge in [0.2, 0.25) is 5.91 Å². The zero-order chi connectivity index (χ0) is 18.4. The zero-order valence-electron chi connectivity index (χ0n) is 14.1. The average molecular weight is 367 g/mol. The highest BCUT2D eigenvalue weighted by atomic mass is 35.5. The van der Waals surface area contributed by atoms with E-state index in [0.29, 0.717) is 11.6 Å². The first-order chi connectivity index (χ1) is 12.6. The summed E-state index contributed by atoms with van der Waals surface area (Å²) in [6, 6.07) is 23.8. The lowest BCUT2D eigenvalue weighted by Crippen LogP contribution is -2.33. The number of benzene rings is 3. The molecule has 0 bridgehead atoms. The molecule has 0 saturated heterocycles. The van der Waals surface area contributed by atoms with Crippen LogP contribution in [0.1, 0.15) is 17.2 Å². The van der Waals surface area contributed by atoms with Gasteiger partial charge in [0.1, 0.15) is 17.5 Å². The number of ether oxygens (including phenoxy) is 1. The van der Waals surface area contributed by atoms with E-state index >= 15 is 0 Å². The summed E-state index contributed by atoms with van der Waals surface area (Å²) >= 11 is 5.87. The van der Waals surface area contributed by atoms with Crippen molar-refractivity contribution in [3.63, 3.8) is 0 Å². The summed E-state index contributed by atoms with van der Waals surface area (Å²) < 4.78 is 5.77. The highest BCUT2D eigenvalue weighted by Crippen LogP contribution is 2.23. The smallest absolute Gasteiger partial charge is 0.239 e. The molecule has 1 atom stereocenters. The standard InChI is InChI=1S/C21H19ClN2O2/c22-17-8-12-19(13-9-17)26-18-10-6-15(7-11-18)14-24-20(21(23)25)16-4-2-1-3-5-16/h1-13,20,24H,14H2,(H2,23,25)/t20-/m0/s1. The van der Waals surface area contributed by atoms with Crippen molar-refractivity contribution in [1.82, 2.24) is 5.32 Å². The van der Waals surface area contributed by atoms with Crippen molar-refractivity contribution < 1.29 is 9.53 Å². The molecule has 0 aliphatic rings. The van der Waals surface area contributed by atoms with E-state index in [0.717, 1.165) is 22.6 Å². The second-order valence-corrected chi connectivity index (χ2v) is 6.26. The van der Waals surface area contributed by atoms with Gasteiger partial charge in [-0.3, -0.25) is 10.1 Å². The third kappa shape index (κ3) is 4.85. The number of halogens is 1. The Kier molecular flexibility index (Phi) is 5.89. The lowest BCUT2D eigenvalue weighted by Gasteiger charge is -2.16. The van der Waals surface area contributed by atoms with Crippen LogP contribution in [0.15, 0.2) is 78.9 Å². The molecule has 0 fully saturated rings. The summed E-state index contributed by atoms with van der Waals surface area (Å²) in [6.45, 7) is 0.518. The van der Waals surface area contributed by atoms with Gasteiger partial charge in [0.25, 0.3) is 0 Å². The van der Waals surface area contributed by atoms with Crippen LogP contribution in [0.5, 0.6) is 11.5 Å². The summed E-state index contributed by atoms with van der Waals surface area (Å²) in [6.07, 6.45) is 0. The van der Waals surface area contributed by atoms with Gasteiger partial charge in [0, 0.05) is 11.6 Å². The molecule has 5 heteroatoms. The van der Waals surface area contributed by atoms with E-state index in [1.165, 1.54) is 0 Å². The predicted molar refractivity (Wildman–Crippen MR) is 103 cm³/mol. The maximum absolute atomic E-state index is 11.7. The Morgan fingerprint density at radius 2 is 1.50 bits per heavy atom. The fourth-order valence-electron chi connectivity index (χ4n) is 2.56. The average Bonchev–Trinajstić information content (AvgIpc) is 2.66. The highest BCUT2D eigenvalue weighted by Gasteiger charge is 2.16. The lowest BCUT2D eigenvalue weighted by molar-refractivity contribution is -0.120. The fraction of sp³-hybridized carbons (Fsp3) is 0.0952. The quantitative estimate of drug-likeness (QED) is 0.649. The van der Waals surface area contributed by atoms with Crippen LogP contribution in [-0.4, -0.2) is 5.91 Å². The Balaban J connectivity index is 1.61. The van der Waals surface area contributed by atoms with Gasteiger partial charge in [-0.2, -0.15) is 0 Å². The number of nitrogens with two attached hydrogens (primary N) is 1. The molecular weight excluding hydrogens is 348 g/mol. The normalized spacial score (nSPS) is 11.7. The molecule has 0 spiro atoms. The minimum Gasteiger partial charge on any atom is -0.457 e. The maximum Gasteiger partial charge on any atom is 0.239 e. The fourth-order valence-corrected chi connectivity index (χ4v) is 2.69. The van der Waals surface area contributed by atoms with Gasteiger partial charge in [-0.1, -0.05) is 54.1 Å². The number of nitrogens with one attached hydrogen (secondary N) is 1. The van der Waals surface area contributed by atoms with Crippen LogP contribution in [0.4, 0.5) is 0 Å². The molecule has 3 aromatic rings. The number of carbonyl (C=O) groups is 1. The molecule has 0 aliphatic heterocycles. The maximum atomic E-state index is 11.7. The van der Waals surface area contributed by atoms with Crippen LogP contribution in [0.2, 0.25) is 5.02 Å². The number of carbonyl (C=O) groups excluding carboxylic acids is 1. The SMILES string of the molecule is NC(=O)[C@@H](NCc1ccc(Oc2ccc(Cl)cc2)cc1)c1ccccc1. The van der Waals surface area contributed by atoms with Crippen LogP contribution in [-0.2, 0) is 11.3 Å². The van der Waals surface area contributed by atoms with Crippen LogP contribution >= 0.6 is 11.6 Å². The van der Waals surface area contributed by atoms with Crippen molar-refractivity contribution in [3.05, 3.63) is 95.0 Å². The summed E-state index contributed by atoms with van der Waals surface area (Å²) in [5.74, 6) is 1.04. The molecule has 3 rings (SSSR count). The van der Waals surface area contributed by atoms with Crippen LogP contribution < -0.4 is 15.8 Å². The van der Waals surface area contributed by atoms with E-state index in [-0.39, 0.29) is 0 Å². The van der Waals surface area contributed by atoms with Gasteiger partial charge in [-0.15, -0.1) is 0 Å². The largest absolute Gasteiger partial charge is 0.457 e. The molecular formula is C21H19ClN2O2. The molecule has 0 heterocycles. The van der Waals surface area contributed by atoms with Crippen molar-refractivity contribution in [3.8, 4) is 11.5 Å². The van der Waals surface area contributed by atoms with E-state index in [1.54, 1.807) is 12.1 Å². The molecule has 0 aromatic heterocycles. The van der Waals surface area contributed by atoms with Crippen molar-refractivity contribution >= 4 is 17.5 Å². The molecule has 3 aromatic carbocycles. The monoisotopic (exact) mass is 366 g/mol. The summed E-state index contributed by atoms with van der Waals surface area (Å²) in [4.78, 5) is 11.7. The van der Waals surface area contributed by atoms with Crippen molar-refractivity contribution in [2.45, 2.75) is 12.6 Å². The summed E-state index contributed by atoms with van der Waals surface area (Å²) in [5.41, 5.74) is 7.40. The topological polar surface area (TPSA) is 64.4 Å². The predicted octanol–water partition coefficient (Wildman–Crippen LogP) is 4.45. The molecule has 4 nitrogen and oxygen atoms in total. The highest BCUT2D eigenvalue weighted by molar-refractivity contribution is 6.30. The van der Waals surface area contributed by atoms with Gasteiger partial charge in [0.05, 0.1) is 0 Å². The summed E-state index contributed by atoms with van der Waals surface area (Å²) in [7, 11) is 0. The number of hydrogen-bond acceptors (Lipinski definition) is 3. The molecule has 0 saturated carbocycles. The summed E-state index contributed by atoms with van der Waals surface area (Å²) in [5, 5.41) is 3.86. The van der Waals surface area contributed by atoms with Crippen molar-refractivity contribution in [2.24, 2.45) is 5.73 Å².